The zero-order valence-corrected chi connectivity index (χ0v) is 14.4. The molecule has 1 aliphatic rings. The molecule has 116 valence electrons. The molecule has 1 heterocycles. The number of hydrogen-bond donors (Lipinski definition) is 0. The van der Waals surface area contributed by atoms with Crippen LogP contribution in [0.3, 0.4) is 0 Å². The lowest BCUT2D eigenvalue weighted by Gasteiger charge is -2.06. The molecular formula is C15H15Cl2N3OS. The summed E-state index contributed by atoms with van der Waals surface area (Å²) in [5, 5.41) is 10.1. The van der Waals surface area contributed by atoms with Gasteiger partial charge < -0.3 is 4.57 Å². The molecule has 0 aliphatic heterocycles. The van der Waals surface area contributed by atoms with Gasteiger partial charge in [-0.3, -0.25) is 4.79 Å². The summed E-state index contributed by atoms with van der Waals surface area (Å²) in [7, 11) is 0. The van der Waals surface area contributed by atoms with Gasteiger partial charge in [0.25, 0.3) is 0 Å². The van der Waals surface area contributed by atoms with Crippen LogP contribution in [-0.2, 0) is 6.54 Å². The SMILES string of the molecule is CCn1c(SCC(=O)c2ccc(Cl)c(Cl)c2)nnc1C1CC1. The summed E-state index contributed by atoms with van der Waals surface area (Å²) in [6, 6.07) is 4.94. The van der Waals surface area contributed by atoms with Crippen molar-refractivity contribution in [2.75, 3.05) is 5.75 Å². The van der Waals surface area contributed by atoms with Crippen LogP contribution in [0.1, 0.15) is 41.9 Å². The standard InChI is InChI=1S/C15H15Cl2N3OS/c1-2-20-14(9-3-4-9)18-19-15(20)22-8-13(21)10-5-6-11(16)12(17)7-10/h5-7,9H,2-4,8H2,1H3. The van der Waals surface area contributed by atoms with Crippen molar-refractivity contribution in [1.82, 2.24) is 14.8 Å². The normalized spacial score (nSPS) is 14.3. The Balaban J connectivity index is 1.69. The number of aromatic nitrogens is 3. The van der Waals surface area contributed by atoms with E-state index in [1.807, 2.05) is 0 Å². The van der Waals surface area contributed by atoms with Crippen molar-refractivity contribution < 1.29 is 4.79 Å². The summed E-state index contributed by atoms with van der Waals surface area (Å²) in [6.07, 6.45) is 2.37. The first kappa shape index (κ1) is 15.8. The third kappa shape index (κ3) is 3.31. The molecule has 2 aromatic rings. The van der Waals surface area contributed by atoms with Crippen LogP contribution in [-0.4, -0.2) is 26.3 Å². The molecule has 4 nitrogen and oxygen atoms in total. The van der Waals surface area contributed by atoms with Gasteiger partial charge in [-0.15, -0.1) is 10.2 Å². The number of thioether (sulfide) groups is 1. The minimum absolute atomic E-state index is 0.00203. The van der Waals surface area contributed by atoms with Gasteiger partial charge in [0.15, 0.2) is 10.9 Å². The maximum Gasteiger partial charge on any atom is 0.191 e. The highest BCUT2D eigenvalue weighted by Crippen LogP contribution is 2.40. The molecule has 1 saturated carbocycles. The van der Waals surface area contributed by atoms with E-state index in [4.69, 9.17) is 23.2 Å². The molecule has 0 atom stereocenters. The van der Waals surface area contributed by atoms with Crippen molar-refractivity contribution in [3.05, 3.63) is 39.6 Å². The van der Waals surface area contributed by atoms with Crippen molar-refractivity contribution >= 4 is 40.7 Å². The minimum Gasteiger partial charge on any atom is -0.306 e. The minimum atomic E-state index is 0.00203. The lowest BCUT2D eigenvalue weighted by molar-refractivity contribution is 0.102. The number of carbonyl (C=O) groups is 1. The molecule has 1 aromatic heterocycles. The van der Waals surface area contributed by atoms with Gasteiger partial charge in [-0.2, -0.15) is 0 Å². The number of carbonyl (C=O) groups excluding carboxylic acids is 1. The molecule has 7 heteroatoms. The Kier molecular flexibility index (Phi) is 4.76. The monoisotopic (exact) mass is 355 g/mol. The fourth-order valence-electron chi connectivity index (χ4n) is 2.23. The van der Waals surface area contributed by atoms with Gasteiger partial charge in [0.1, 0.15) is 5.82 Å². The molecule has 0 spiro atoms. The number of nitrogens with zero attached hydrogens (tertiary/aromatic N) is 3. The number of ketones is 1. The Morgan fingerprint density at radius 3 is 2.73 bits per heavy atom. The van der Waals surface area contributed by atoms with Crippen LogP contribution in [0.15, 0.2) is 23.4 Å². The number of rotatable bonds is 6. The number of halogens is 2. The second-order valence-corrected chi connectivity index (χ2v) is 6.96. The number of Topliss-reactive ketones (excluding diaryl/α,β-unsaturated/α-hetero) is 1. The van der Waals surface area contributed by atoms with Gasteiger partial charge in [-0.05, 0) is 38.0 Å². The Morgan fingerprint density at radius 2 is 2.09 bits per heavy atom. The van der Waals surface area contributed by atoms with E-state index in [0.717, 1.165) is 17.5 Å². The van der Waals surface area contributed by atoms with E-state index in [9.17, 15) is 4.79 Å². The van der Waals surface area contributed by atoms with Crippen LogP contribution in [0.5, 0.6) is 0 Å². The number of benzene rings is 1. The Bertz CT molecular complexity index is 713. The van der Waals surface area contributed by atoms with Crippen LogP contribution in [0.4, 0.5) is 0 Å². The van der Waals surface area contributed by atoms with Gasteiger partial charge in [0.2, 0.25) is 0 Å². The quantitative estimate of drug-likeness (QED) is 0.566. The zero-order valence-electron chi connectivity index (χ0n) is 12.1. The molecule has 0 radical (unpaired) electrons. The Hall–Kier alpha value is -1.04. The predicted octanol–water partition coefficient (Wildman–Crippen LogP) is 4.46. The lowest BCUT2D eigenvalue weighted by Crippen LogP contribution is -2.06. The number of hydrogen-bond acceptors (Lipinski definition) is 4. The predicted molar refractivity (Wildman–Crippen MR) is 89.2 cm³/mol. The van der Waals surface area contributed by atoms with Crippen molar-refractivity contribution in [3.63, 3.8) is 0 Å². The summed E-state index contributed by atoms with van der Waals surface area (Å²) >= 11 is 13.2. The topological polar surface area (TPSA) is 47.8 Å². The van der Waals surface area contributed by atoms with E-state index in [2.05, 4.69) is 21.7 Å². The zero-order chi connectivity index (χ0) is 15.7. The maximum absolute atomic E-state index is 12.3. The van der Waals surface area contributed by atoms with E-state index >= 15 is 0 Å². The van der Waals surface area contributed by atoms with Crippen LogP contribution in [0, 0.1) is 0 Å². The summed E-state index contributed by atoms with van der Waals surface area (Å²) < 4.78 is 2.10. The Morgan fingerprint density at radius 1 is 1.32 bits per heavy atom. The lowest BCUT2D eigenvalue weighted by atomic mass is 10.1. The summed E-state index contributed by atoms with van der Waals surface area (Å²) in [4.78, 5) is 12.3. The fourth-order valence-corrected chi connectivity index (χ4v) is 3.43. The molecular weight excluding hydrogens is 341 g/mol. The molecule has 1 aliphatic carbocycles. The van der Waals surface area contributed by atoms with Gasteiger partial charge in [-0.25, -0.2) is 0 Å². The van der Waals surface area contributed by atoms with Crippen LogP contribution >= 0.6 is 35.0 Å². The van der Waals surface area contributed by atoms with Crippen molar-refractivity contribution in [1.29, 1.82) is 0 Å². The second-order valence-electron chi connectivity index (χ2n) is 5.20. The second kappa shape index (κ2) is 6.60. The molecule has 1 fully saturated rings. The fraction of sp³-hybridized carbons (Fsp3) is 0.400. The van der Waals surface area contributed by atoms with Crippen molar-refractivity contribution in [3.8, 4) is 0 Å². The molecule has 3 rings (SSSR count). The van der Waals surface area contributed by atoms with E-state index in [1.54, 1.807) is 18.2 Å². The van der Waals surface area contributed by atoms with E-state index in [-0.39, 0.29) is 5.78 Å². The van der Waals surface area contributed by atoms with Gasteiger partial charge in [0, 0.05) is 18.0 Å². The van der Waals surface area contributed by atoms with E-state index < -0.39 is 0 Å². The maximum atomic E-state index is 12.3. The first-order valence-electron chi connectivity index (χ1n) is 7.14. The van der Waals surface area contributed by atoms with Gasteiger partial charge >= 0.3 is 0 Å². The highest BCUT2D eigenvalue weighted by molar-refractivity contribution is 7.99. The molecule has 0 amide bonds. The smallest absolute Gasteiger partial charge is 0.191 e. The van der Waals surface area contributed by atoms with Gasteiger partial charge in [0.05, 0.1) is 15.8 Å². The van der Waals surface area contributed by atoms with Crippen LogP contribution < -0.4 is 0 Å². The summed E-state index contributed by atoms with van der Waals surface area (Å²) in [6.45, 7) is 2.89. The highest BCUT2D eigenvalue weighted by atomic mass is 35.5. The van der Waals surface area contributed by atoms with Crippen molar-refractivity contribution in [2.24, 2.45) is 0 Å². The van der Waals surface area contributed by atoms with Crippen LogP contribution in [0.25, 0.3) is 0 Å². The Labute approximate surface area is 143 Å². The van der Waals surface area contributed by atoms with E-state index in [1.165, 1.54) is 24.6 Å². The van der Waals surface area contributed by atoms with Crippen LogP contribution in [0.2, 0.25) is 10.0 Å². The largest absolute Gasteiger partial charge is 0.306 e. The molecule has 0 bridgehead atoms. The summed E-state index contributed by atoms with van der Waals surface area (Å²) in [5.74, 6) is 1.91. The molecule has 22 heavy (non-hydrogen) atoms. The first-order valence-corrected chi connectivity index (χ1v) is 8.88. The molecule has 0 N–H and O–H groups in total. The third-order valence-corrected chi connectivity index (χ3v) is 5.28. The molecule has 0 unspecified atom stereocenters. The average Bonchev–Trinajstić information content (AvgIpc) is 3.27. The highest BCUT2D eigenvalue weighted by Gasteiger charge is 2.30. The third-order valence-electron chi connectivity index (χ3n) is 3.58. The first-order chi connectivity index (χ1) is 10.6. The summed E-state index contributed by atoms with van der Waals surface area (Å²) in [5.41, 5.74) is 0.562. The van der Waals surface area contributed by atoms with E-state index in [0.29, 0.717) is 27.3 Å². The average molecular weight is 356 g/mol. The molecule has 0 saturated heterocycles. The van der Waals surface area contributed by atoms with Gasteiger partial charge in [-0.1, -0.05) is 35.0 Å². The van der Waals surface area contributed by atoms with Crippen molar-refractivity contribution in [2.45, 2.75) is 37.4 Å². The molecule has 1 aromatic carbocycles.